The van der Waals surface area contributed by atoms with E-state index >= 15 is 0 Å². The Morgan fingerprint density at radius 3 is 2.48 bits per heavy atom. The van der Waals surface area contributed by atoms with Gasteiger partial charge in [0, 0.05) is 23.9 Å². The van der Waals surface area contributed by atoms with Gasteiger partial charge in [-0.1, -0.05) is 41.4 Å². The highest BCUT2D eigenvalue weighted by Gasteiger charge is 2.31. The maximum Gasteiger partial charge on any atom is 0.227 e. The minimum absolute atomic E-state index is 0.0620. The monoisotopic (exact) mass is 472 g/mol. The smallest absolute Gasteiger partial charge is 0.227 e. The van der Waals surface area contributed by atoms with Crippen LogP contribution in [-0.4, -0.2) is 38.0 Å². The summed E-state index contributed by atoms with van der Waals surface area (Å²) in [6.07, 6.45) is 2.95. The second-order valence-electron chi connectivity index (χ2n) is 6.87. The average molecular weight is 473 g/mol. The molecule has 2 aromatic carbocycles. The van der Waals surface area contributed by atoms with Gasteiger partial charge in [-0.15, -0.1) is 11.8 Å². The van der Waals surface area contributed by atoms with E-state index in [9.17, 15) is 13.2 Å². The lowest BCUT2D eigenvalue weighted by Gasteiger charge is -2.30. The molecule has 1 aliphatic heterocycles. The Morgan fingerprint density at radius 1 is 1.14 bits per heavy atom. The van der Waals surface area contributed by atoms with Gasteiger partial charge in [-0.25, -0.2) is 12.7 Å². The van der Waals surface area contributed by atoms with E-state index in [0.717, 1.165) is 10.6 Å². The second kappa shape index (κ2) is 9.71. The number of rotatable bonds is 6. The zero-order chi connectivity index (χ0) is 21.0. The molecule has 0 aromatic heterocycles. The van der Waals surface area contributed by atoms with E-state index in [1.807, 2.05) is 30.5 Å². The fraction of sp³-hybridized carbons (Fsp3) is 0.350. The molecule has 1 amide bonds. The number of para-hydroxylation sites is 1. The van der Waals surface area contributed by atoms with Gasteiger partial charge < -0.3 is 5.32 Å². The van der Waals surface area contributed by atoms with Crippen molar-refractivity contribution in [1.29, 1.82) is 0 Å². The van der Waals surface area contributed by atoms with Gasteiger partial charge >= 0.3 is 0 Å². The Hall–Kier alpha value is -1.25. The summed E-state index contributed by atoms with van der Waals surface area (Å²) >= 11 is 13.4. The van der Waals surface area contributed by atoms with Crippen LogP contribution in [0.15, 0.2) is 47.4 Å². The molecule has 0 atom stereocenters. The van der Waals surface area contributed by atoms with Crippen LogP contribution in [0.1, 0.15) is 18.4 Å². The second-order valence-corrected chi connectivity index (χ2v) is 10.5. The number of benzene rings is 2. The molecule has 9 heteroatoms. The molecular formula is C20H22Cl2N2O3S2. The molecule has 0 saturated carbocycles. The number of sulfonamides is 1. The Labute approximate surface area is 185 Å². The molecule has 0 unspecified atom stereocenters. The molecule has 3 rings (SSSR count). The number of thioether (sulfide) groups is 1. The number of nitrogens with one attached hydrogen (secondary N) is 1. The Kier molecular flexibility index (Phi) is 7.51. The van der Waals surface area contributed by atoms with Crippen LogP contribution in [0.4, 0.5) is 5.69 Å². The van der Waals surface area contributed by atoms with Gasteiger partial charge in [-0.05, 0) is 48.9 Å². The molecule has 1 fully saturated rings. The SMILES string of the molecule is CSc1ccccc1NC(=O)C1CCN(S(=O)(=O)Cc2ccc(Cl)c(Cl)c2)CC1. The summed E-state index contributed by atoms with van der Waals surface area (Å²) in [4.78, 5) is 13.6. The van der Waals surface area contributed by atoms with Crippen molar-refractivity contribution in [2.75, 3.05) is 24.7 Å². The maximum atomic E-state index is 12.7. The predicted octanol–water partition coefficient (Wildman–Crippen LogP) is 4.90. The number of nitrogens with zero attached hydrogens (tertiary/aromatic N) is 1. The van der Waals surface area contributed by atoms with E-state index in [1.54, 1.807) is 30.0 Å². The molecule has 2 aromatic rings. The van der Waals surface area contributed by atoms with Gasteiger partial charge in [-0.2, -0.15) is 0 Å². The number of anilines is 1. The lowest BCUT2D eigenvalue weighted by Crippen LogP contribution is -2.41. The topological polar surface area (TPSA) is 66.5 Å². The molecule has 1 aliphatic rings. The average Bonchev–Trinajstić information content (AvgIpc) is 2.71. The van der Waals surface area contributed by atoms with Crippen LogP contribution >= 0.6 is 35.0 Å². The minimum atomic E-state index is -3.49. The highest BCUT2D eigenvalue weighted by molar-refractivity contribution is 7.98. The normalized spacial score (nSPS) is 16.0. The Balaban J connectivity index is 1.59. The van der Waals surface area contributed by atoms with E-state index < -0.39 is 10.0 Å². The molecule has 0 bridgehead atoms. The van der Waals surface area contributed by atoms with Crippen LogP contribution in [0.5, 0.6) is 0 Å². The fourth-order valence-electron chi connectivity index (χ4n) is 3.31. The summed E-state index contributed by atoms with van der Waals surface area (Å²) < 4.78 is 27.0. The number of amides is 1. The van der Waals surface area contributed by atoms with Crippen molar-refractivity contribution < 1.29 is 13.2 Å². The van der Waals surface area contributed by atoms with Crippen molar-refractivity contribution in [2.45, 2.75) is 23.5 Å². The minimum Gasteiger partial charge on any atom is -0.325 e. The summed E-state index contributed by atoms with van der Waals surface area (Å²) in [6.45, 7) is 0.651. The Morgan fingerprint density at radius 2 is 1.83 bits per heavy atom. The highest BCUT2D eigenvalue weighted by Crippen LogP contribution is 2.28. The van der Waals surface area contributed by atoms with Crippen LogP contribution in [0.2, 0.25) is 10.0 Å². The van der Waals surface area contributed by atoms with E-state index in [-0.39, 0.29) is 17.6 Å². The van der Waals surface area contributed by atoms with Crippen molar-refractivity contribution in [3.63, 3.8) is 0 Å². The van der Waals surface area contributed by atoms with Crippen LogP contribution in [0.25, 0.3) is 0 Å². The number of carbonyl (C=O) groups is 1. The summed E-state index contributed by atoms with van der Waals surface area (Å²) in [5.41, 5.74) is 1.38. The third kappa shape index (κ3) is 5.67. The molecule has 5 nitrogen and oxygen atoms in total. The summed E-state index contributed by atoms with van der Waals surface area (Å²) in [6, 6.07) is 12.5. The zero-order valence-electron chi connectivity index (χ0n) is 15.9. The van der Waals surface area contributed by atoms with Crippen molar-refractivity contribution in [2.24, 2.45) is 5.92 Å². The lowest BCUT2D eigenvalue weighted by molar-refractivity contribution is -0.120. The molecule has 29 heavy (non-hydrogen) atoms. The zero-order valence-corrected chi connectivity index (χ0v) is 19.0. The number of hydrogen-bond donors (Lipinski definition) is 1. The van der Waals surface area contributed by atoms with Crippen molar-refractivity contribution >= 4 is 56.6 Å². The molecule has 0 aliphatic carbocycles. The summed E-state index contributed by atoms with van der Waals surface area (Å²) in [5, 5.41) is 3.71. The summed E-state index contributed by atoms with van der Waals surface area (Å²) in [7, 11) is -3.49. The van der Waals surface area contributed by atoms with E-state index in [0.29, 0.717) is 41.5 Å². The van der Waals surface area contributed by atoms with Gasteiger partial charge in [-0.3, -0.25) is 4.79 Å². The number of halogens is 2. The van der Waals surface area contributed by atoms with Crippen molar-refractivity contribution in [3.8, 4) is 0 Å². The van der Waals surface area contributed by atoms with Crippen LogP contribution in [0.3, 0.4) is 0 Å². The first-order valence-corrected chi connectivity index (χ1v) is 12.7. The highest BCUT2D eigenvalue weighted by atomic mass is 35.5. The quantitative estimate of drug-likeness (QED) is 0.607. The molecule has 156 valence electrons. The van der Waals surface area contributed by atoms with Gasteiger partial charge in [0.15, 0.2) is 0 Å². The van der Waals surface area contributed by atoms with E-state index in [4.69, 9.17) is 23.2 Å². The maximum absolute atomic E-state index is 12.7. The van der Waals surface area contributed by atoms with Crippen molar-refractivity contribution in [3.05, 3.63) is 58.1 Å². The number of piperidine rings is 1. The molecule has 0 radical (unpaired) electrons. The third-order valence-corrected chi connectivity index (χ3v) is 8.30. The molecular weight excluding hydrogens is 451 g/mol. The van der Waals surface area contributed by atoms with Gasteiger partial charge in [0.2, 0.25) is 15.9 Å². The van der Waals surface area contributed by atoms with Gasteiger partial charge in [0.1, 0.15) is 0 Å². The van der Waals surface area contributed by atoms with Gasteiger partial charge in [0.25, 0.3) is 0 Å². The van der Waals surface area contributed by atoms with Crippen LogP contribution in [-0.2, 0) is 20.6 Å². The fourth-order valence-corrected chi connectivity index (χ4v) is 5.74. The van der Waals surface area contributed by atoms with Gasteiger partial charge in [0.05, 0.1) is 21.5 Å². The first kappa shape index (κ1) is 22.4. The predicted molar refractivity (Wildman–Crippen MR) is 120 cm³/mol. The third-order valence-electron chi connectivity index (χ3n) is 4.92. The van der Waals surface area contributed by atoms with Crippen LogP contribution < -0.4 is 5.32 Å². The van der Waals surface area contributed by atoms with Crippen molar-refractivity contribution in [1.82, 2.24) is 4.31 Å². The first-order chi connectivity index (χ1) is 13.8. The molecule has 0 spiro atoms. The standard InChI is InChI=1S/C20H22Cl2N2O3S2/c1-28-19-5-3-2-4-18(19)23-20(25)15-8-10-24(11-9-15)29(26,27)13-14-6-7-16(21)17(22)12-14/h2-7,12,15H,8-11,13H2,1H3,(H,23,25). The largest absolute Gasteiger partial charge is 0.325 e. The van der Waals surface area contributed by atoms with E-state index in [1.165, 1.54) is 4.31 Å². The van der Waals surface area contributed by atoms with Crippen LogP contribution in [0, 0.1) is 5.92 Å². The number of carbonyl (C=O) groups excluding carboxylic acids is 1. The molecule has 1 N–H and O–H groups in total. The van der Waals surface area contributed by atoms with E-state index in [2.05, 4.69) is 5.32 Å². The lowest BCUT2D eigenvalue weighted by atomic mass is 9.97. The Bertz CT molecular complexity index is 991. The molecule has 1 saturated heterocycles. The first-order valence-electron chi connectivity index (χ1n) is 9.16. The number of hydrogen-bond acceptors (Lipinski definition) is 4. The summed E-state index contributed by atoms with van der Waals surface area (Å²) in [5.74, 6) is -0.406. The molecule has 1 heterocycles.